The Morgan fingerprint density at radius 3 is 2.17 bits per heavy atom. The van der Waals surface area contributed by atoms with Crippen molar-refractivity contribution in [2.24, 2.45) is 0 Å². The number of carbonyl (C=O) groups excluding carboxylic acids is 1. The molecule has 0 N–H and O–H groups in total. The highest BCUT2D eigenvalue weighted by molar-refractivity contribution is 5.94. The van der Waals surface area contributed by atoms with Gasteiger partial charge < -0.3 is 9.47 Å². The highest BCUT2D eigenvalue weighted by atomic mass is 28.2. The van der Waals surface area contributed by atoms with Gasteiger partial charge in [0.15, 0.2) is 0 Å². The summed E-state index contributed by atoms with van der Waals surface area (Å²) in [6.45, 7) is 3.62. The molecule has 70 valence electrons. The maximum atomic E-state index is 10.3. The number of hydrogen-bond acceptors (Lipinski definition) is 5. The lowest BCUT2D eigenvalue weighted by Gasteiger charge is -2.08. The molecule has 0 aromatic rings. The summed E-state index contributed by atoms with van der Waals surface area (Å²) in [6, 6.07) is 0. The molecule has 0 aliphatic carbocycles. The number of esters is 1. The summed E-state index contributed by atoms with van der Waals surface area (Å²) < 4.78 is 26.3. The number of ether oxygens (including phenoxy) is 2. The Morgan fingerprint density at radius 1 is 1.50 bits per heavy atom. The zero-order valence-corrected chi connectivity index (χ0v) is 8.33. The van der Waals surface area contributed by atoms with Gasteiger partial charge in [-0.25, -0.2) is 0 Å². The van der Waals surface area contributed by atoms with Crippen molar-refractivity contribution in [3.63, 3.8) is 0 Å². The van der Waals surface area contributed by atoms with Gasteiger partial charge >= 0.3 is 15.3 Å². The highest BCUT2D eigenvalue weighted by Gasteiger charge is 2.02. The van der Waals surface area contributed by atoms with E-state index in [0.29, 0.717) is 6.61 Å². The number of methoxy groups -OCH3 is 1. The molecule has 0 aromatic heterocycles. The molecule has 5 nitrogen and oxygen atoms in total. The number of rotatable bonds is 3. The van der Waals surface area contributed by atoms with E-state index in [2.05, 4.69) is 0 Å². The molecule has 0 saturated heterocycles. The van der Waals surface area contributed by atoms with Gasteiger partial charge in [0.25, 0.3) is 0 Å². The molecule has 0 aliphatic heterocycles. The summed E-state index contributed by atoms with van der Waals surface area (Å²) in [5, 5.41) is 0. The van der Waals surface area contributed by atoms with Gasteiger partial charge in [0.2, 0.25) is 0 Å². The van der Waals surface area contributed by atoms with Crippen molar-refractivity contribution in [1.29, 1.82) is 0 Å². The van der Waals surface area contributed by atoms with Crippen LogP contribution in [0.25, 0.3) is 0 Å². The molecular weight excluding hydrogens is 180 g/mol. The lowest BCUT2D eigenvalue weighted by atomic mass is 10.4. The standard InChI is InChI=1S/C6H12O3.O2Si/c1-5(4-8-3)9-6(2)7;1-3-2/h5H,4H2,1-3H3;. The van der Waals surface area contributed by atoms with E-state index in [1.165, 1.54) is 6.92 Å². The Labute approximate surface area is 73.0 Å². The van der Waals surface area contributed by atoms with E-state index < -0.39 is 9.29 Å². The molecule has 6 heteroatoms. The lowest BCUT2D eigenvalue weighted by molar-refractivity contribution is -0.147. The van der Waals surface area contributed by atoms with E-state index in [9.17, 15) is 4.79 Å². The van der Waals surface area contributed by atoms with Gasteiger partial charge in [0.05, 0.1) is 6.61 Å². The molecule has 0 radical (unpaired) electrons. The fraction of sp³-hybridized carbons (Fsp3) is 0.833. The first-order chi connectivity index (χ1) is 5.58. The van der Waals surface area contributed by atoms with Crippen LogP contribution in [0, 0.1) is 0 Å². The van der Waals surface area contributed by atoms with Crippen LogP contribution in [0.1, 0.15) is 13.8 Å². The average Bonchev–Trinajstić information content (AvgIpc) is 1.87. The van der Waals surface area contributed by atoms with Crippen LogP contribution in [0.4, 0.5) is 0 Å². The third-order valence-electron chi connectivity index (χ3n) is 0.769. The predicted molar refractivity (Wildman–Crippen MR) is 40.2 cm³/mol. The van der Waals surface area contributed by atoms with Gasteiger partial charge in [-0.05, 0) is 6.92 Å². The van der Waals surface area contributed by atoms with Gasteiger partial charge in [-0.2, -0.15) is 0 Å². The van der Waals surface area contributed by atoms with Crippen molar-refractivity contribution in [1.82, 2.24) is 0 Å². The van der Waals surface area contributed by atoms with Gasteiger partial charge in [-0.1, -0.05) is 0 Å². The van der Waals surface area contributed by atoms with E-state index in [4.69, 9.17) is 18.4 Å². The van der Waals surface area contributed by atoms with E-state index in [1.54, 1.807) is 14.0 Å². The van der Waals surface area contributed by atoms with Crippen LogP contribution in [-0.2, 0) is 23.2 Å². The second-order valence-electron chi connectivity index (χ2n) is 1.96. The maximum Gasteiger partial charge on any atom is 0.549 e. The first-order valence-corrected chi connectivity index (χ1v) is 4.05. The van der Waals surface area contributed by atoms with Gasteiger partial charge in [0.1, 0.15) is 6.10 Å². The zero-order chi connectivity index (χ0) is 9.98. The molecule has 0 aliphatic rings. The fourth-order valence-corrected chi connectivity index (χ4v) is 0.552. The summed E-state index contributed by atoms with van der Waals surface area (Å²) in [4.78, 5) is 10.3. The Bertz CT molecular complexity index is 152. The summed E-state index contributed by atoms with van der Waals surface area (Å²) in [5.41, 5.74) is 0. The van der Waals surface area contributed by atoms with Crippen LogP contribution in [0.3, 0.4) is 0 Å². The van der Waals surface area contributed by atoms with Crippen molar-refractivity contribution in [2.45, 2.75) is 20.0 Å². The van der Waals surface area contributed by atoms with E-state index in [0.717, 1.165) is 0 Å². The van der Waals surface area contributed by atoms with Crippen LogP contribution in [0.5, 0.6) is 0 Å². The molecule has 0 aromatic carbocycles. The zero-order valence-electron chi connectivity index (χ0n) is 7.33. The van der Waals surface area contributed by atoms with Crippen molar-refractivity contribution in [3.8, 4) is 0 Å². The molecule has 1 unspecified atom stereocenters. The summed E-state index contributed by atoms with van der Waals surface area (Å²) in [5.74, 6) is -0.264. The SMILES string of the molecule is COCC(C)OC(C)=O.O=[Si]=O. The molecule has 12 heavy (non-hydrogen) atoms. The van der Waals surface area contributed by atoms with Crippen molar-refractivity contribution in [3.05, 3.63) is 0 Å². The molecule has 0 fully saturated rings. The topological polar surface area (TPSA) is 69.7 Å². The van der Waals surface area contributed by atoms with Crippen molar-refractivity contribution in [2.75, 3.05) is 13.7 Å². The van der Waals surface area contributed by atoms with Crippen LogP contribution in [0.15, 0.2) is 0 Å². The van der Waals surface area contributed by atoms with Crippen molar-refractivity contribution < 1.29 is 23.2 Å². The Kier molecular flexibility index (Phi) is 11.8. The van der Waals surface area contributed by atoms with Gasteiger partial charge in [0, 0.05) is 14.0 Å². The smallest absolute Gasteiger partial charge is 0.460 e. The van der Waals surface area contributed by atoms with Gasteiger partial charge in [-0.3, -0.25) is 13.7 Å². The van der Waals surface area contributed by atoms with E-state index in [1.807, 2.05) is 0 Å². The second-order valence-corrected chi connectivity index (χ2v) is 2.13. The lowest BCUT2D eigenvalue weighted by Crippen LogP contribution is -2.17. The first-order valence-electron chi connectivity index (χ1n) is 3.23. The normalized spacial score (nSPS) is 10.2. The molecule has 0 heterocycles. The van der Waals surface area contributed by atoms with Crippen LogP contribution in [0.2, 0.25) is 0 Å². The summed E-state index contributed by atoms with van der Waals surface area (Å²) in [6.07, 6.45) is -0.132. The first kappa shape index (κ1) is 13.8. The van der Waals surface area contributed by atoms with E-state index in [-0.39, 0.29) is 12.1 Å². The number of carbonyl (C=O) groups is 1. The third-order valence-corrected chi connectivity index (χ3v) is 0.769. The fourth-order valence-electron chi connectivity index (χ4n) is 0.552. The molecule has 0 bridgehead atoms. The largest absolute Gasteiger partial charge is 0.549 e. The predicted octanol–water partition coefficient (Wildman–Crippen LogP) is -0.0340. The molecule has 0 spiro atoms. The Balaban J connectivity index is 0. The third kappa shape index (κ3) is 16.1. The van der Waals surface area contributed by atoms with Crippen LogP contribution >= 0.6 is 0 Å². The monoisotopic (exact) mass is 192 g/mol. The minimum absolute atomic E-state index is 0.132. The molecule has 1 atom stereocenters. The number of hydrogen-bond donors (Lipinski definition) is 0. The minimum atomic E-state index is -1.42. The Morgan fingerprint density at radius 2 is 1.92 bits per heavy atom. The maximum absolute atomic E-state index is 10.3. The van der Waals surface area contributed by atoms with E-state index >= 15 is 0 Å². The molecule has 0 amide bonds. The van der Waals surface area contributed by atoms with Crippen LogP contribution < -0.4 is 0 Å². The highest BCUT2D eigenvalue weighted by Crippen LogP contribution is 1.90. The quantitative estimate of drug-likeness (QED) is 0.464. The summed E-state index contributed by atoms with van der Waals surface area (Å²) in [7, 11) is 0.153. The molecule has 0 rings (SSSR count). The van der Waals surface area contributed by atoms with Crippen LogP contribution in [-0.4, -0.2) is 35.1 Å². The Hall–Kier alpha value is -0.753. The second kappa shape index (κ2) is 10.2. The average molecular weight is 192 g/mol. The minimum Gasteiger partial charge on any atom is -0.460 e. The van der Waals surface area contributed by atoms with Crippen molar-refractivity contribution >= 4 is 15.3 Å². The summed E-state index contributed by atoms with van der Waals surface area (Å²) >= 11 is 0. The molecule has 0 saturated carbocycles. The van der Waals surface area contributed by atoms with Gasteiger partial charge in [-0.15, -0.1) is 0 Å². The molecular formula is C6H12O5Si.